The van der Waals surface area contributed by atoms with Crippen molar-refractivity contribution in [1.29, 1.82) is 0 Å². The highest BCUT2D eigenvalue weighted by atomic mass is 15.2. The van der Waals surface area contributed by atoms with Gasteiger partial charge >= 0.3 is 0 Å². The monoisotopic (exact) mass is 578 g/mol. The molecule has 0 spiro atoms. The highest BCUT2D eigenvalue weighted by Gasteiger charge is 2.14. The van der Waals surface area contributed by atoms with Crippen molar-refractivity contribution in [3.05, 3.63) is 168 Å². The smallest absolute Gasteiger partial charge is 0.0890 e. The van der Waals surface area contributed by atoms with E-state index in [2.05, 4.69) is 78.3 Å². The van der Waals surface area contributed by atoms with Crippen LogP contribution in [-0.4, -0.2) is 39.7 Å². The van der Waals surface area contributed by atoms with Crippen molar-refractivity contribution in [3.63, 3.8) is 0 Å². The third kappa shape index (κ3) is 8.44. The molecule has 0 atom stereocenters. The molecule has 218 valence electrons. The van der Waals surface area contributed by atoms with E-state index in [1.165, 1.54) is 0 Å². The number of pyridine rings is 6. The molecule has 0 radical (unpaired) electrons. The second-order valence-electron chi connectivity index (χ2n) is 10.6. The first-order chi connectivity index (χ1) is 21.8. The van der Waals surface area contributed by atoms with E-state index in [-0.39, 0.29) is 0 Å². The molecule has 0 aliphatic carbocycles. The highest BCUT2D eigenvalue weighted by Crippen LogP contribution is 2.19. The van der Waals surface area contributed by atoms with Crippen LogP contribution in [0.3, 0.4) is 0 Å². The molecule has 0 aliphatic rings. The Morgan fingerprint density at radius 2 is 0.614 bits per heavy atom. The van der Waals surface area contributed by atoms with E-state index in [0.717, 1.165) is 45.6 Å². The van der Waals surface area contributed by atoms with Crippen LogP contribution in [0.5, 0.6) is 0 Å². The van der Waals surface area contributed by atoms with Crippen LogP contribution in [0.4, 0.5) is 0 Å². The fourth-order valence-electron chi connectivity index (χ4n) is 5.10. The van der Waals surface area contributed by atoms with Crippen molar-refractivity contribution in [2.24, 2.45) is 0 Å². The van der Waals surface area contributed by atoms with Gasteiger partial charge in [-0.2, -0.15) is 0 Å². The molecule has 0 aliphatic heterocycles. The quantitative estimate of drug-likeness (QED) is 0.162. The molecule has 6 aromatic heterocycles. The Morgan fingerprint density at radius 3 is 0.909 bits per heavy atom. The van der Waals surface area contributed by atoms with Gasteiger partial charge in [-0.3, -0.25) is 29.7 Å². The lowest BCUT2D eigenvalue weighted by Crippen LogP contribution is -2.24. The number of hydrogen-bond donors (Lipinski definition) is 0. The largest absolute Gasteiger partial charge is 0.286 e. The van der Waals surface area contributed by atoms with Crippen LogP contribution < -0.4 is 0 Å². The molecule has 8 heteroatoms. The highest BCUT2D eigenvalue weighted by molar-refractivity contribution is 5.54. The van der Waals surface area contributed by atoms with E-state index >= 15 is 0 Å². The van der Waals surface area contributed by atoms with Crippen LogP contribution in [0, 0.1) is 0 Å². The minimum atomic E-state index is 0.655. The van der Waals surface area contributed by atoms with Crippen LogP contribution in [0.2, 0.25) is 0 Å². The first-order valence-electron chi connectivity index (χ1n) is 14.7. The summed E-state index contributed by atoms with van der Waals surface area (Å²) in [5.41, 5.74) is 7.67. The average Bonchev–Trinajstić information content (AvgIpc) is 3.07. The minimum Gasteiger partial charge on any atom is -0.286 e. The average molecular weight is 579 g/mol. The molecule has 6 heterocycles. The fraction of sp³-hybridized carbons (Fsp3) is 0.167. The topological polar surface area (TPSA) is 83.8 Å². The van der Waals surface area contributed by atoms with Gasteiger partial charge in [-0.1, -0.05) is 36.4 Å². The fourth-order valence-corrected chi connectivity index (χ4v) is 5.10. The van der Waals surface area contributed by atoms with Crippen LogP contribution in [0.25, 0.3) is 11.4 Å². The number of nitrogens with zero attached hydrogens (tertiary/aromatic N) is 8. The normalized spacial score (nSPS) is 11.2. The standard InChI is InChI=1S/C36H34N8/c1-5-19-37-29(11-1)23-43(24-30-12-2-6-20-38-30)27-33-15-9-17-35(41-33)36-18-10-16-34(42-36)28-44(25-31-13-3-7-21-39-31)26-32-14-4-8-22-40-32/h1-22H,23-28H2. The van der Waals surface area contributed by atoms with E-state index in [1.807, 2.05) is 85.5 Å². The van der Waals surface area contributed by atoms with Crippen molar-refractivity contribution >= 4 is 0 Å². The van der Waals surface area contributed by atoms with Crippen molar-refractivity contribution in [2.75, 3.05) is 0 Å². The summed E-state index contributed by atoms with van der Waals surface area (Å²) in [6.07, 6.45) is 7.33. The lowest BCUT2D eigenvalue weighted by atomic mass is 10.2. The zero-order chi connectivity index (χ0) is 29.8. The van der Waals surface area contributed by atoms with E-state index in [0.29, 0.717) is 39.3 Å². The van der Waals surface area contributed by atoms with Crippen LogP contribution in [-0.2, 0) is 39.3 Å². The molecule has 0 saturated carbocycles. The molecule has 8 nitrogen and oxygen atoms in total. The molecule has 0 saturated heterocycles. The predicted molar refractivity (Wildman–Crippen MR) is 170 cm³/mol. The SMILES string of the molecule is c1ccc(CN(Cc2ccccn2)Cc2cccc(-c3cccc(CN(Cc4ccccn4)Cc4ccccn4)n3)n2)nc1. The van der Waals surface area contributed by atoms with Gasteiger partial charge in [-0.05, 0) is 72.8 Å². The van der Waals surface area contributed by atoms with E-state index in [1.54, 1.807) is 0 Å². The summed E-state index contributed by atoms with van der Waals surface area (Å²) in [6.45, 7) is 4.09. The molecule has 0 N–H and O–H groups in total. The van der Waals surface area contributed by atoms with Gasteiger partial charge < -0.3 is 0 Å². The predicted octanol–water partition coefficient (Wildman–Crippen LogP) is 6.13. The second-order valence-corrected chi connectivity index (χ2v) is 10.6. The lowest BCUT2D eigenvalue weighted by molar-refractivity contribution is 0.238. The summed E-state index contributed by atoms with van der Waals surface area (Å²) in [5.74, 6) is 0. The molecule has 6 rings (SSSR count). The van der Waals surface area contributed by atoms with Gasteiger partial charge in [-0.25, -0.2) is 9.97 Å². The summed E-state index contributed by atoms with van der Waals surface area (Å²) in [6, 6.07) is 36.3. The molecule has 0 aromatic carbocycles. The third-order valence-electron chi connectivity index (χ3n) is 7.09. The number of rotatable bonds is 13. The number of aromatic nitrogens is 6. The molecular weight excluding hydrogens is 544 g/mol. The molecule has 0 bridgehead atoms. The van der Waals surface area contributed by atoms with E-state index in [4.69, 9.17) is 9.97 Å². The maximum Gasteiger partial charge on any atom is 0.0890 e. The zero-order valence-electron chi connectivity index (χ0n) is 24.5. The Morgan fingerprint density at radius 1 is 0.318 bits per heavy atom. The zero-order valence-corrected chi connectivity index (χ0v) is 24.5. The first-order valence-corrected chi connectivity index (χ1v) is 14.7. The molecule has 6 aromatic rings. The van der Waals surface area contributed by atoms with Gasteiger partial charge in [0.05, 0.1) is 45.6 Å². The summed E-state index contributed by atoms with van der Waals surface area (Å²) in [5, 5.41) is 0. The molecular formula is C36H34N8. The van der Waals surface area contributed by atoms with Gasteiger partial charge in [0.15, 0.2) is 0 Å². The Labute approximate surface area is 258 Å². The van der Waals surface area contributed by atoms with Crippen molar-refractivity contribution < 1.29 is 0 Å². The van der Waals surface area contributed by atoms with Gasteiger partial charge in [0.1, 0.15) is 0 Å². The molecule has 44 heavy (non-hydrogen) atoms. The summed E-state index contributed by atoms with van der Waals surface area (Å²) >= 11 is 0. The molecule has 0 unspecified atom stereocenters. The first kappa shape index (κ1) is 28.9. The summed E-state index contributed by atoms with van der Waals surface area (Å²) < 4.78 is 0. The van der Waals surface area contributed by atoms with Gasteiger partial charge in [0.2, 0.25) is 0 Å². The Kier molecular flexibility index (Phi) is 9.74. The number of hydrogen-bond acceptors (Lipinski definition) is 8. The van der Waals surface area contributed by atoms with Crippen molar-refractivity contribution in [3.8, 4) is 11.4 Å². The maximum atomic E-state index is 5.04. The van der Waals surface area contributed by atoms with Crippen molar-refractivity contribution in [1.82, 2.24) is 39.7 Å². The van der Waals surface area contributed by atoms with Gasteiger partial charge in [0.25, 0.3) is 0 Å². The van der Waals surface area contributed by atoms with Gasteiger partial charge in [-0.15, -0.1) is 0 Å². The van der Waals surface area contributed by atoms with Crippen LogP contribution >= 0.6 is 0 Å². The maximum absolute atomic E-state index is 5.04. The Balaban J connectivity index is 1.20. The minimum absolute atomic E-state index is 0.655. The second kappa shape index (κ2) is 14.8. The van der Waals surface area contributed by atoms with Crippen molar-refractivity contribution in [2.45, 2.75) is 39.3 Å². The van der Waals surface area contributed by atoms with Gasteiger partial charge in [0, 0.05) is 64.1 Å². The molecule has 0 amide bonds. The Bertz CT molecular complexity index is 1500. The summed E-state index contributed by atoms with van der Waals surface area (Å²) in [4.78, 5) is 32.9. The molecule has 0 fully saturated rings. The third-order valence-corrected chi connectivity index (χ3v) is 7.09. The van der Waals surface area contributed by atoms with E-state index < -0.39 is 0 Å². The Hall–Kier alpha value is -5.18. The van der Waals surface area contributed by atoms with Crippen LogP contribution in [0.1, 0.15) is 34.2 Å². The summed E-state index contributed by atoms with van der Waals surface area (Å²) in [7, 11) is 0. The van der Waals surface area contributed by atoms with Crippen LogP contribution in [0.15, 0.2) is 134 Å². The van der Waals surface area contributed by atoms with E-state index in [9.17, 15) is 0 Å². The lowest BCUT2D eigenvalue weighted by Gasteiger charge is -2.22.